The number of hydrogen-bond donors (Lipinski definition) is 1. The lowest BCUT2D eigenvalue weighted by Crippen LogP contribution is -2.22. The van der Waals surface area contributed by atoms with Crippen LogP contribution in [0.15, 0.2) is 65.8 Å². The van der Waals surface area contributed by atoms with Gasteiger partial charge in [0, 0.05) is 30.3 Å². The summed E-state index contributed by atoms with van der Waals surface area (Å²) in [5.41, 5.74) is 1.70. The molecule has 0 bridgehead atoms. The third-order valence-electron chi connectivity index (χ3n) is 4.64. The summed E-state index contributed by atoms with van der Waals surface area (Å²) < 4.78 is 28.0. The molecule has 6 nitrogen and oxygen atoms in total. The van der Waals surface area contributed by atoms with Crippen molar-refractivity contribution < 1.29 is 13.6 Å². The van der Waals surface area contributed by atoms with Gasteiger partial charge in [-0.2, -0.15) is 0 Å². The minimum absolute atomic E-state index is 0.0976. The standard InChI is InChI=1S/C22H16F2N4O2/c1-13-16(21(29)27-15-4-5-18(23)19(24)9-15)10-17-20(26-13)6-8-28(22(17)30)12-14-3-2-7-25-11-14/h2-11H,12H2,1H3,(H,27,29). The Bertz CT molecular complexity index is 1320. The largest absolute Gasteiger partial charge is 0.322 e. The van der Waals surface area contributed by atoms with Crippen molar-refractivity contribution in [3.63, 3.8) is 0 Å². The highest BCUT2D eigenvalue weighted by Crippen LogP contribution is 2.18. The number of aryl methyl sites for hydroxylation is 1. The number of nitrogens with one attached hydrogen (secondary N) is 1. The highest BCUT2D eigenvalue weighted by molar-refractivity contribution is 6.06. The van der Waals surface area contributed by atoms with Gasteiger partial charge in [-0.25, -0.2) is 8.78 Å². The second kappa shape index (κ2) is 7.82. The van der Waals surface area contributed by atoms with Crippen LogP contribution in [0.1, 0.15) is 21.6 Å². The number of amides is 1. The summed E-state index contributed by atoms with van der Waals surface area (Å²) in [4.78, 5) is 34.0. The lowest BCUT2D eigenvalue weighted by Gasteiger charge is -2.11. The second-order valence-electron chi connectivity index (χ2n) is 6.75. The van der Waals surface area contributed by atoms with E-state index in [4.69, 9.17) is 0 Å². The van der Waals surface area contributed by atoms with E-state index in [9.17, 15) is 18.4 Å². The summed E-state index contributed by atoms with van der Waals surface area (Å²) in [7, 11) is 0. The molecule has 1 N–H and O–H groups in total. The molecule has 0 aliphatic carbocycles. The Hall–Kier alpha value is -3.94. The molecule has 0 unspecified atom stereocenters. The van der Waals surface area contributed by atoms with E-state index in [0.717, 1.165) is 17.7 Å². The number of nitrogens with zero attached hydrogens (tertiary/aromatic N) is 3. The highest BCUT2D eigenvalue weighted by atomic mass is 19.2. The minimum atomic E-state index is -1.07. The van der Waals surface area contributed by atoms with Gasteiger partial charge >= 0.3 is 0 Å². The van der Waals surface area contributed by atoms with Gasteiger partial charge in [-0.3, -0.25) is 19.6 Å². The SMILES string of the molecule is Cc1nc2ccn(Cc3cccnc3)c(=O)c2cc1C(=O)Nc1ccc(F)c(F)c1. The Labute approximate surface area is 169 Å². The van der Waals surface area contributed by atoms with E-state index in [-0.39, 0.29) is 22.2 Å². The van der Waals surface area contributed by atoms with Gasteiger partial charge in [0.15, 0.2) is 11.6 Å². The van der Waals surface area contributed by atoms with E-state index in [2.05, 4.69) is 15.3 Å². The summed E-state index contributed by atoms with van der Waals surface area (Å²) in [5.74, 6) is -2.65. The zero-order chi connectivity index (χ0) is 21.3. The van der Waals surface area contributed by atoms with Gasteiger partial charge in [-0.1, -0.05) is 6.07 Å². The third kappa shape index (κ3) is 3.80. The Morgan fingerprint density at radius 1 is 1.13 bits per heavy atom. The van der Waals surface area contributed by atoms with Crippen molar-refractivity contribution >= 4 is 22.5 Å². The number of carbonyl (C=O) groups excluding carboxylic acids is 1. The molecule has 0 spiro atoms. The van der Waals surface area contributed by atoms with Gasteiger partial charge in [0.25, 0.3) is 11.5 Å². The molecule has 0 saturated heterocycles. The predicted molar refractivity (Wildman–Crippen MR) is 108 cm³/mol. The van der Waals surface area contributed by atoms with Gasteiger partial charge in [0.2, 0.25) is 0 Å². The summed E-state index contributed by atoms with van der Waals surface area (Å²) >= 11 is 0. The van der Waals surface area contributed by atoms with Crippen LogP contribution in [0.5, 0.6) is 0 Å². The van der Waals surface area contributed by atoms with Gasteiger partial charge in [0.1, 0.15) is 0 Å². The number of pyridine rings is 3. The first-order valence-electron chi connectivity index (χ1n) is 9.08. The summed E-state index contributed by atoms with van der Waals surface area (Å²) in [6.45, 7) is 1.97. The number of carbonyl (C=O) groups is 1. The van der Waals surface area contributed by atoms with Crippen LogP contribution in [-0.4, -0.2) is 20.4 Å². The average molecular weight is 406 g/mol. The molecular formula is C22H16F2N4O2. The molecule has 0 fully saturated rings. The van der Waals surface area contributed by atoms with Crippen LogP contribution in [-0.2, 0) is 6.54 Å². The zero-order valence-electron chi connectivity index (χ0n) is 15.9. The van der Waals surface area contributed by atoms with E-state index in [0.29, 0.717) is 17.8 Å². The van der Waals surface area contributed by atoms with E-state index >= 15 is 0 Å². The first-order chi connectivity index (χ1) is 14.4. The summed E-state index contributed by atoms with van der Waals surface area (Å²) in [6.07, 6.45) is 4.97. The van der Waals surface area contributed by atoms with Gasteiger partial charge in [-0.15, -0.1) is 0 Å². The number of rotatable bonds is 4. The van der Waals surface area contributed by atoms with Gasteiger partial charge in [-0.05, 0) is 42.8 Å². The van der Waals surface area contributed by atoms with Crippen LogP contribution in [0, 0.1) is 18.6 Å². The van der Waals surface area contributed by atoms with Crippen molar-refractivity contribution in [3.05, 3.63) is 99.9 Å². The van der Waals surface area contributed by atoms with E-state index < -0.39 is 17.5 Å². The molecule has 30 heavy (non-hydrogen) atoms. The fourth-order valence-corrected chi connectivity index (χ4v) is 3.12. The maximum Gasteiger partial charge on any atom is 0.260 e. The van der Waals surface area contributed by atoms with Crippen molar-refractivity contribution in [1.82, 2.24) is 14.5 Å². The van der Waals surface area contributed by atoms with Crippen molar-refractivity contribution in [1.29, 1.82) is 0 Å². The third-order valence-corrected chi connectivity index (χ3v) is 4.64. The van der Waals surface area contributed by atoms with E-state index in [1.165, 1.54) is 16.7 Å². The first kappa shape index (κ1) is 19.4. The normalized spacial score (nSPS) is 10.9. The Kier molecular flexibility index (Phi) is 5.05. The second-order valence-corrected chi connectivity index (χ2v) is 6.75. The molecule has 150 valence electrons. The molecule has 0 aliphatic heterocycles. The number of anilines is 1. The predicted octanol–water partition coefficient (Wildman–Crippen LogP) is 3.68. The van der Waals surface area contributed by atoms with Crippen LogP contribution in [0.3, 0.4) is 0 Å². The smallest absolute Gasteiger partial charge is 0.260 e. The number of halogens is 2. The molecular weight excluding hydrogens is 390 g/mol. The van der Waals surface area contributed by atoms with Crippen LogP contribution >= 0.6 is 0 Å². The minimum Gasteiger partial charge on any atom is -0.322 e. The number of hydrogen-bond acceptors (Lipinski definition) is 4. The zero-order valence-corrected chi connectivity index (χ0v) is 15.9. The van der Waals surface area contributed by atoms with Gasteiger partial charge in [0.05, 0.1) is 28.7 Å². The van der Waals surface area contributed by atoms with Crippen molar-refractivity contribution in [2.45, 2.75) is 13.5 Å². The average Bonchev–Trinajstić information content (AvgIpc) is 2.73. The quantitative estimate of drug-likeness (QED) is 0.561. The summed E-state index contributed by atoms with van der Waals surface area (Å²) in [5, 5.41) is 2.78. The van der Waals surface area contributed by atoms with Crippen molar-refractivity contribution in [2.24, 2.45) is 0 Å². The molecule has 0 aliphatic rings. The molecule has 0 radical (unpaired) electrons. The van der Waals surface area contributed by atoms with Crippen molar-refractivity contribution in [3.8, 4) is 0 Å². The molecule has 8 heteroatoms. The van der Waals surface area contributed by atoms with Crippen molar-refractivity contribution in [2.75, 3.05) is 5.32 Å². The summed E-state index contributed by atoms with van der Waals surface area (Å²) in [6, 6.07) is 9.88. The Morgan fingerprint density at radius 3 is 2.70 bits per heavy atom. The number of aromatic nitrogens is 3. The fourth-order valence-electron chi connectivity index (χ4n) is 3.12. The van der Waals surface area contributed by atoms with E-state index in [1.54, 1.807) is 37.6 Å². The molecule has 4 aromatic rings. The molecule has 4 rings (SSSR count). The van der Waals surface area contributed by atoms with Crippen LogP contribution in [0.2, 0.25) is 0 Å². The van der Waals surface area contributed by atoms with Crippen LogP contribution in [0.25, 0.3) is 10.9 Å². The molecule has 3 heterocycles. The monoisotopic (exact) mass is 406 g/mol. The fraction of sp³-hybridized carbons (Fsp3) is 0.0909. The van der Waals surface area contributed by atoms with Gasteiger partial charge < -0.3 is 9.88 Å². The van der Waals surface area contributed by atoms with E-state index in [1.807, 2.05) is 6.07 Å². The molecule has 0 atom stereocenters. The highest BCUT2D eigenvalue weighted by Gasteiger charge is 2.15. The maximum atomic E-state index is 13.4. The molecule has 1 aromatic carbocycles. The topological polar surface area (TPSA) is 76.9 Å². The molecule has 1 amide bonds. The first-order valence-corrected chi connectivity index (χ1v) is 9.08. The van der Waals surface area contributed by atoms with Crippen LogP contribution < -0.4 is 10.9 Å². The lowest BCUT2D eigenvalue weighted by molar-refractivity contribution is 0.102. The maximum absolute atomic E-state index is 13.4. The molecule has 0 saturated carbocycles. The number of fused-ring (bicyclic) bond motifs is 1. The van der Waals surface area contributed by atoms with Crippen LogP contribution in [0.4, 0.5) is 14.5 Å². The number of benzene rings is 1. The lowest BCUT2D eigenvalue weighted by atomic mass is 10.1. The Morgan fingerprint density at radius 2 is 1.97 bits per heavy atom. The Balaban J connectivity index is 1.70. The molecule has 3 aromatic heterocycles.